The minimum Gasteiger partial charge on any atom is -0.490 e. The Morgan fingerprint density at radius 2 is 1.58 bits per heavy atom. The lowest BCUT2D eigenvalue weighted by molar-refractivity contribution is -0.145. The molecular weight excluding hydrogens is 719 g/mol. The first-order valence-electron chi connectivity index (χ1n) is 18.6. The molecule has 0 radical (unpaired) electrons. The Morgan fingerprint density at radius 3 is 2.30 bits per heavy atom. The van der Waals surface area contributed by atoms with E-state index in [0.717, 1.165) is 54.7 Å². The molecule has 3 aromatic carbocycles. The van der Waals surface area contributed by atoms with Crippen molar-refractivity contribution < 1.29 is 38.0 Å². The molecule has 1 amide bonds. The zero-order valence-electron chi connectivity index (χ0n) is 30.7. The molecule has 1 heterocycles. The summed E-state index contributed by atoms with van der Waals surface area (Å²) in [6.07, 6.45) is 3.62. The summed E-state index contributed by atoms with van der Waals surface area (Å²) < 4.78 is 34.4. The number of methoxy groups -OCH3 is 1. The Balaban J connectivity index is 1.07. The molecule has 53 heavy (non-hydrogen) atoms. The molecular formula is C41H50Cl2N2O8. The van der Waals surface area contributed by atoms with Crippen LogP contribution < -0.4 is 24.3 Å². The SMILES string of the molecule is CCOC(=O)[C@@H]1C[C@H]1COc1ccc(CN(C(=O)[C@H]2CNCC[C@@H]2c2ccc(OCCOc3c(Cl)cc(C)cc3Cl)cc2)C2CC2)cc1OCCOC. The van der Waals surface area contributed by atoms with E-state index >= 15 is 0 Å². The number of hydrogen-bond donors (Lipinski definition) is 1. The number of hydrogen-bond acceptors (Lipinski definition) is 9. The van der Waals surface area contributed by atoms with E-state index in [0.29, 0.717) is 80.0 Å². The van der Waals surface area contributed by atoms with E-state index in [2.05, 4.69) is 22.3 Å². The lowest BCUT2D eigenvalue weighted by atomic mass is 9.80. The number of nitrogens with one attached hydrogen (secondary N) is 1. The average Bonchev–Trinajstić information content (AvgIpc) is 4.09. The smallest absolute Gasteiger partial charge is 0.309 e. The fourth-order valence-corrected chi connectivity index (χ4v) is 7.63. The monoisotopic (exact) mass is 768 g/mol. The fourth-order valence-electron chi connectivity index (χ4n) is 6.92. The van der Waals surface area contributed by atoms with E-state index in [9.17, 15) is 9.59 Å². The molecule has 0 aromatic heterocycles. The van der Waals surface area contributed by atoms with Crippen molar-refractivity contribution in [3.05, 3.63) is 81.3 Å². The average molecular weight is 770 g/mol. The summed E-state index contributed by atoms with van der Waals surface area (Å²) in [5, 5.41) is 4.42. The van der Waals surface area contributed by atoms with E-state index in [4.69, 9.17) is 51.6 Å². The molecule has 1 N–H and O–H groups in total. The van der Waals surface area contributed by atoms with Crippen LogP contribution in [0, 0.1) is 24.7 Å². The van der Waals surface area contributed by atoms with Gasteiger partial charge >= 0.3 is 5.97 Å². The molecule has 3 aliphatic rings. The summed E-state index contributed by atoms with van der Waals surface area (Å²) in [6, 6.07) is 17.8. The first-order chi connectivity index (χ1) is 25.7. The van der Waals surface area contributed by atoms with Crippen LogP contribution in [0.5, 0.6) is 23.0 Å². The highest BCUT2D eigenvalue weighted by atomic mass is 35.5. The Kier molecular flexibility index (Phi) is 13.7. The van der Waals surface area contributed by atoms with Gasteiger partial charge in [-0.15, -0.1) is 0 Å². The number of rotatable bonds is 19. The van der Waals surface area contributed by atoms with Gasteiger partial charge in [-0.05, 0) is 105 Å². The summed E-state index contributed by atoms with van der Waals surface area (Å²) in [6.45, 7) is 7.89. The maximum Gasteiger partial charge on any atom is 0.309 e. The van der Waals surface area contributed by atoms with Gasteiger partial charge in [0.25, 0.3) is 0 Å². The number of benzene rings is 3. The normalized spacial score (nSPS) is 20.7. The second-order valence-corrected chi connectivity index (χ2v) is 14.8. The van der Waals surface area contributed by atoms with Crippen molar-refractivity contribution in [3.63, 3.8) is 0 Å². The lowest BCUT2D eigenvalue weighted by Gasteiger charge is -2.36. The summed E-state index contributed by atoms with van der Waals surface area (Å²) in [5.74, 6) is 2.31. The molecule has 3 aromatic rings. The van der Waals surface area contributed by atoms with Gasteiger partial charge in [0.05, 0.1) is 41.7 Å². The van der Waals surface area contributed by atoms with E-state index in [-0.39, 0.29) is 41.6 Å². The summed E-state index contributed by atoms with van der Waals surface area (Å²) in [5.41, 5.74) is 3.06. The zero-order valence-corrected chi connectivity index (χ0v) is 32.3. The number of amides is 1. The van der Waals surface area contributed by atoms with Gasteiger partial charge in [0.15, 0.2) is 17.2 Å². The van der Waals surface area contributed by atoms with Crippen LogP contribution in [0.25, 0.3) is 0 Å². The number of esters is 1. The van der Waals surface area contributed by atoms with Gasteiger partial charge in [0.2, 0.25) is 5.91 Å². The number of carbonyl (C=O) groups excluding carboxylic acids is 2. The third-order valence-corrected chi connectivity index (χ3v) is 10.6. The van der Waals surface area contributed by atoms with Crippen LogP contribution >= 0.6 is 23.2 Å². The zero-order chi connectivity index (χ0) is 37.3. The molecule has 0 bridgehead atoms. The van der Waals surface area contributed by atoms with Gasteiger partial charge in [0, 0.05) is 32.2 Å². The van der Waals surface area contributed by atoms with E-state index in [1.54, 1.807) is 7.11 Å². The predicted molar refractivity (Wildman–Crippen MR) is 203 cm³/mol. The third kappa shape index (κ3) is 10.5. The van der Waals surface area contributed by atoms with Crippen LogP contribution in [0.2, 0.25) is 10.0 Å². The largest absolute Gasteiger partial charge is 0.490 e. The first-order valence-corrected chi connectivity index (χ1v) is 19.4. The van der Waals surface area contributed by atoms with Gasteiger partial charge < -0.3 is 38.6 Å². The second-order valence-electron chi connectivity index (χ2n) is 14.0. The van der Waals surface area contributed by atoms with Crippen molar-refractivity contribution in [3.8, 4) is 23.0 Å². The molecule has 4 atom stereocenters. The molecule has 1 saturated heterocycles. The number of carbonyl (C=O) groups is 2. The molecule has 286 valence electrons. The van der Waals surface area contributed by atoms with Crippen molar-refractivity contribution in [2.75, 3.05) is 59.8 Å². The highest BCUT2D eigenvalue weighted by Gasteiger charge is 2.45. The third-order valence-electron chi connectivity index (χ3n) is 9.99. The Bertz CT molecular complexity index is 1680. The Morgan fingerprint density at radius 1 is 0.849 bits per heavy atom. The van der Waals surface area contributed by atoms with Crippen LogP contribution in [0.1, 0.15) is 55.2 Å². The van der Waals surface area contributed by atoms with Crippen LogP contribution in [0.3, 0.4) is 0 Å². The standard InChI is InChI=1S/C41H50Cl2N2O8/c1-4-49-41(47)33-22-29(33)25-53-37-12-5-27(21-38(37)51-16-15-48-3)24-45(30-8-9-30)40(46)34-23-44-14-13-32(34)28-6-10-31(11-7-28)50-17-18-52-39-35(42)19-26(2)20-36(39)43/h5-7,10-12,19-21,29-30,32-34,44H,4,8-9,13-18,22-25H2,1-3H3/t29-,32+,33+,34-/m0/s1. The maximum atomic E-state index is 14.4. The van der Waals surface area contributed by atoms with Crippen molar-refractivity contribution in [1.82, 2.24) is 10.2 Å². The molecule has 0 unspecified atom stereocenters. The molecule has 1 aliphatic heterocycles. The van der Waals surface area contributed by atoms with Crippen LogP contribution in [-0.2, 0) is 25.6 Å². The summed E-state index contributed by atoms with van der Waals surface area (Å²) >= 11 is 12.6. The van der Waals surface area contributed by atoms with Crippen molar-refractivity contribution >= 4 is 35.1 Å². The molecule has 2 saturated carbocycles. The van der Waals surface area contributed by atoms with Crippen LogP contribution in [0.4, 0.5) is 0 Å². The first kappa shape index (κ1) is 39.0. The van der Waals surface area contributed by atoms with Gasteiger partial charge in [0.1, 0.15) is 25.6 Å². The number of aryl methyl sites for hydroxylation is 1. The number of nitrogens with zero attached hydrogens (tertiary/aromatic N) is 1. The Labute approximate surface area is 322 Å². The summed E-state index contributed by atoms with van der Waals surface area (Å²) in [7, 11) is 1.63. The number of halogens is 2. The van der Waals surface area contributed by atoms with E-state index in [1.807, 2.05) is 56.3 Å². The molecule has 2 aliphatic carbocycles. The highest BCUT2D eigenvalue weighted by molar-refractivity contribution is 6.37. The quantitative estimate of drug-likeness (QED) is 0.0998. The maximum absolute atomic E-state index is 14.4. The minimum absolute atomic E-state index is 0.0813. The minimum atomic E-state index is -0.195. The number of piperidine rings is 1. The van der Waals surface area contributed by atoms with E-state index in [1.165, 1.54) is 0 Å². The van der Waals surface area contributed by atoms with Crippen molar-refractivity contribution in [1.29, 1.82) is 0 Å². The van der Waals surface area contributed by atoms with Gasteiger partial charge in [-0.1, -0.05) is 41.4 Å². The summed E-state index contributed by atoms with van der Waals surface area (Å²) in [4.78, 5) is 28.5. The fraction of sp³-hybridized carbons (Fsp3) is 0.512. The van der Waals surface area contributed by atoms with Crippen molar-refractivity contribution in [2.45, 2.75) is 58.0 Å². The van der Waals surface area contributed by atoms with Crippen molar-refractivity contribution in [2.24, 2.45) is 17.8 Å². The van der Waals surface area contributed by atoms with Crippen LogP contribution in [-0.4, -0.2) is 82.7 Å². The van der Waals surface area contributed by atoms with Crippen LogP contribution in [0.15, 0.2) is 54.6 Å². The molecule has 6 rings (SSSR count). The molecule has 12 heteroatoms. The topological polar surface area (TPSA) is 105 Å². The molecule has 0 spiro atoms. The highest BCUT2D eigenvalue weighted by Crippen LogP contribution is 2.42. The molecule has 10 nitrogen and oxygen atoms in total. The number of ether oxygens (including phenoxy) is 6. The van der Waals surface area contributed by atoms with Gasteiger partial charge in [-0.2, -0.15) is 0 Å². The second kappa shape index (κ2) is 18.6. The lowest BCUT2D eigenvalue weighted by Crippen LogP contribution is -2.47. The predicted octanol–water partition coefficient (Wildman–Crippen LogP) is 7.25. The molecule has 3 fully saturated rings. The Hall–Kier alpha value is -3.70. The van der Waals surface area contributed by atoms with Gasteiger partial charge in [-0.25, -0.2) is 0 Å². The van der Waals surface area contributed by atoms with Gasteiger partial charge in [-0.3, -0.25) is 9.59 Å². The van der Waals surface area contributed by atoms with E-state index < -0.39 is 0 Å².